The number of nitrogens with one attached hydrogen (secondary N) is 6. The second-order valence-corrected chi connectivity index (χ2v) is 25.7. The number of imide groups is 1. The van der Waals surface area contributed by atoms with Crippen molar-refractivity contribution in [3.8, 4) is 23.3 Å². The summed E-state index contributed by atoms with van der Waals surface area (Å²) in [5.41, 5.74) is 8.49. The van der Waals surface area contributed by atoms with Crippen molar-refractivity contribution in [2.45, 2.75) is 102 Å². The first-order valence-corrected chi connectivity index (χ1v) is 31.3. The molecule has 1 saturated carbocycles. The number of H-pyrrole nitrogens is 1. The third-order valence-corrected chi connectivity index (χ3v) is 18.5. The molecule has 0 radical (unpaired) electrons. The number of pyridine rings is 1. The number of anilines is 3. The van der Waals surface area contributed by atoms with Crippen LogP contribution in [-0.2, 0) is 24.4 Å². The molecule has 20 nitrogen and oxygen atoms in total. The van der Waals surface area contributed by atoms with Gasteiger partial charge in [0.1, 0.15) is 28.9 Å². The molecule has 0 spiro atoms. The fourth-order valence-corrected chi connectivity index (χ4v) is 13.5. The number of carbonyl (C=O) groups excluding carboxylic acids is 5. The summed E-state index contributed by atoms with van der Waals surface area (Å²) >= 11 is 6.22. The summed E-state index contributed by atoms with van der Waals surface area (Å²) in [6, 6.07) is 24.4. The van der Waals surface area contributed by atoms with Gasteiger partial charge < -0.3 is 30.6 Å². The van der Waals surface area contributed by atoms with E-state index in [1.807, 2.05) is 24.3 Å². The van der Waals surface area contributed by atoms with E-state index in [9.17, 15) is 42.8 Å². The number of rotatable bonds is 18. The Morgan fingerprint density at radius 1 is 0.920 bits per heavy atom. The van der Waals surface area contributed by atoms with E-state index in [-0.39, 0.29) is 82.8 Å². The first-order chi connectivity index (χ1) is 41.9. The molecule has 2 unspecified atom stereocenters. The molecule has 8 N–H and O–H groups in total. The predicted octanol–water partition coefficient (Wildman–Crippen LogP) is 10.0. The monoisotopic (exact) mass is 1220 g/mol. The van der Waals surface area contributed by atoms with Crippen LogP contribution in [0.25, 0.3) is 22.3 Å². The number of carbonyl (C=O) groups is 5. The lowest BCUT2D eigenvalue weighted by atomic mass is 9.72. The van der Waals surface area contributed by atoms with Crippen LogP contribution in [0.15, 0.2) is 119 Å². The van der Waals surface area contributed by atoms with Gasteiger partial charge in [-0.25, -0.2) is 18.1 Å². The molecule has 3 fully saturated rings. The topological polar surface area (TPSA) is 268 Å². The molecular weight excluding hydrogens is 1150 g/mol. The average Bonchev–Trinajstić information content (AvgIpc) is 1.79. The number of piperidine rings is 2. The molecule has 2 saturated heterocycles. The van der Waals surface area contributed by atoms with Gasteiger partial charge in [-0.3, -0.25) is 44.6 Å². The molecule has 6 aromatic rings. The van der Waals surface area contributed by atoms with Crippen LogP contribution in [0.4, 0.5) is 17.1 Å². The summed E-state index contributed by atoms with van der Waals surface area (Å²) in [5.74, 6) is 4.12. The number of aromatic amines is 1. The SMILES string of the molecule is CC1(C)CCC(CNCCNc2ccc(C(=O)NS(=O)(=O)c3ccc(NCC4CCCN(C(=O)CC#Cc5cccc6c5C(=C5CCCC5)N(C5CCC(=O)NC5=O)C6=O)C4)c(N(O)O)c3)c(Oc3cnc4[nH]ccc4c3)c2)=C(c2ccc(Cl)cc2)C1. The average molecular weight is 1220 g/mol. The molecule has 452 valence electrons. The number of ether oxygens (including phenoxy) is 1. The summed E-state index contributed by atoms with van der Waals surface area (Å²) in [5, 5.41) is 34.6. The fourth-order valence-electron chi connectivity index (χ4n) is 12.3. The van der Waals surface area contributed by atoms with Crippen LogP contribution in [0.2, 0.25) is 5.02 Å². The van der Waals surface area contributed by atoms with Crippen molar-refractivity contribution in [3.05, 3.63) is 147 Å². The molecule has 3 aliphatic heterocycles. The van der Waals surface area contributed by atoms with Gasteiger partial charge in [-0.15, -0.1) is 5.23 Å². The Morgan fingerprint density at radius 3 is 2.53 bits per heavy atom. The Labute approximate surface area is 509 Å². The number of halogens is 1. The van der Waals surface area contributed by atoms with E-state index in [2.05, 4.69) is 73.8 Å². The summed E-state index contributed by atoms with van der Waals surface area (Å²) in [4.78, 5) is 77.2. The highest BCUT2D eigenvalue weighted by atomic mass is 35.5. The van der Waals surface area contributed by atoms with Gasteiger partial charge in [0.2, 0.25) is 17.7 Å². The van der Waals surface area contributed by atoms with Crippen LogP contribution >= 0.6 is 11.6 Å². The minimum Gasteiger partial charge on any atom is -0.455 e. The third-order valence-electron chi connectivity index (χ3n) is 16.9. The van der Waals surface area contributed by atoms with Gasteiger partial charge in [-0.1, -0.05) is 61.1 Å². The minimum atomic E-state index is -4.64. The minimum absolute atomic E-state index is 0.0502. The van der Waals surface area contributed by atoms with E-state index in [4.69, 9.17) is 16.3 Å². The molecule has 0 bridgehead atoms. The maximum atomic E-state index is 14.1. The summed E-state index contributed by atoms with van der Waals surface area (Å²) in [7, 11) is -4.64. The number of amides is 5. The second kappa shape index (κ2) is 25.8. The van der Waals surface area contributed by atoms with E-state index < -0.39 is 32.8 Å². The Balaban J connectivity index is 0.725. The maximum absolute atomic E-state index is 14.1. The Hall–Kier alpha value is -8.52. The molecule has 2 aliphatic carbocycles. The van der Waals surface area contributed by atoms with Crippen molar-refractivity contribution in [2.75, 3.05) is 55.1 Å². The molecule has 87 heavy (non-hydrogen) atoms. The van der Waals surface area contributed by atoms with Crippen molar-refractivity contribution in [2.24, 2.45) is 11.3 Å². The van der Waals surface area contributed by atoms with E-state index in [0.29, 0.717) is 83.6 Å². The molecule has 11 rings (SSSR count). The summed E-state index contributed by atoms with van der Waals surface area (Å²) in [6.07, 6.45) is 11.4. The van der Waals surface area contributed by atoms with Crippen molar-refractivity contribution >= 4 is 90.5 Å². The molecule has 5 amide bonds. The smallest absolute Gasteiger partial charge is 0.268 e. The third kappa shape index (κ3) is 13.7. The number of benzene rings is 4. The van der Waals surface area contributed by atoms with Crippen LogP contribution in [0.3, 0.4) is 0 Å². The van der Waals surface area contributed by atoms with Crippen LogP contribution in [0.5, 0.6) is 11.5 Å². The summed E-state index contributed by atoms with van der Waals surface area (Å²) < 4.78 is 36.4. The lowest BCUT2D eigenvalue weighted by Crippen LogP contribution is -2.52. The standard InChI is InChI=1S/C65H69ClN10O10S/c1-65(2)27-25-45(52(35-65)41-15-17-46(66)18-16-41)37-67-29-30-68-47-19-21-50(56(33-47)86-48-32-44-26-28-69-61(44)71-38-48)62(79)73-87(84,85)49-20-22-53(55(34-49)76(82)83)70-36-40-8-7-31-74(39-40)58(78)14-6-12-42-11-5-13-51-59(42)60(43-9-3-4-10-43)75(64(51)81)54-23-24-57(77)72-63(54)80/h5,11,13,15-22,26,28,32-34,38,40,54,67-68,70,82-83H,3-4,7-10,14,23-25,27,29-31,35-37,39H2,1-2H3,(H,69,71)(H,73,79)(H,72,77,80). The molecule has 2 aromatic heterocycles. The van der Waals surface area contributed by atoms with Gasteiger partial charge in [0.15, 0.2) is 0 Å². The normalized spacial score (nSPS) is 18.5. The number of hydrogen-bond acceptors (Lipinski definition) is 15. The second-order valence-electron chi connectivity index (χ2n) is 23.6. The fraction of sp³-hybridized carbons (Fsp3) is 0.354. The first kappa shape index (κ1) is 60.2. The maximum Gasteiger partial charge on any atom is 0.268 e. The van der Waals surface area contributed by atoms with Gasteiger partial charge in [-0.2, -0.15) is 0 Å². The van der Waals surface area contributed by atoms with Gasteiger partial charge in [0.05, 0.1) is 40.0 Å². The Kier molecular flexibility index (Phi) is 17.9. The highest BCUT2D eigenvalue weighted by Crippen LogP contribution is 2.45. The van der Waals surface area contributed by atoms with Crippen LogP contribution in [0.1, 0.15) is 128 Å². The Morgan fingerprint density at radius 2 is 1.74 bits per heavy atom. The van der Waals surface area contributed by atoms with Gasteiger partial charge in [0, 0.05) is 85.2 Å². The number of allylic oxidation sites excluding steroid dienone is 2. The number of hydrogen-bond donors (Lipinski definition) is 8. The van der Waals surface area contributed by atoms with Crippen LogP contribution in [-0.4, -0.2) is 113 Å². The number of fused-ring (bicyclic) bond motifs is 2. The van der Waals surface area contributed by atoms with Gasteiger partial charge >= 0.3 is 0 Å². The summed E-state index contributed by atoms with van der Waals surface area (Å²) in [6.45, 7) is 7.60. The number of nitrogens with zero attached hydrogens (tertiary/aromatic N) is 4. The number of sulfonamides is 1. The molecule has 2 atom stereocenters. The molecule has 22 heteroatoms. The van der Waals surface area contributed by atoms with Crippen LogP contribution in [0, 0.1) is 23.2 Å². The van der Waals surface area contributed by atoms with Crippen LogP contribution < -0.4 is 36.0 Å². The van der Waals surface area contributed by atoms with Crippen molar-refractivity contribution < 1.29 is 47.5 Å². The van der Waals surface area contributed by atoms with Crippen molar-refractivity contribution in [1.29, 1.82) is 0 Å². The zero-order valence-electron chi connectivity index (χ0n) is 48.4. The quantitative estimate of drug-likeness (QED) is 0.0172. The highest BCUT2D eigenvalue weighted by molar-refractivity contribution is 7.90. The molecule has 5 heterocycles. The molecule has 4 aromatic carbocycles. The lowest BCUT2D eigenvalue weighted by molar-refractivity contribution is -0.136. The molecule has 5 aliphatic rings. The van der Waals surface area contributed by atoms with Crippen molar-refractivity contribution in [3.63, 3.8) is 0 Å². The van der Waals surface area contributed by atoms with Gasteiger partial charge in [0.25, 0.3) is 21.8 Å². The van der Waals surface area contributed by atoms with E-state index in [0.717, 1.165) is 68.4 Å². The zero-order chi connectivity index (χ0) is 61.0. The zero-order valence-corrected chi connectivity index (χ0v) is 50.0. The largest absolute Gasteiger partial charge is 0.455 e. The first-order valence-electron chi connectivity index (χ1n) is 29.5. The van der Waals surface area contributed by atoms with E-state index in [1.54, 1.807) is 46.3 Å². The Bertz CT molecular complexity index is 3930. The highest BCUT2D eigenvalue weighted by Gasteiger charge is 2.44. The predicted molar refractivity (Wildman–Crippen MR) is 331 cm³/mol. The van der Waals surface area contributed by atoms with E-state index >= 15 is 0 Å². The molecular formula is C65H69ClN10O10S. The lowest BCUT2D eigenvalue weighted by Gasteiger charge is -2.34. The van der Waals surface area contributed by atoms with Crippen molar-refractivity contribution in [1.82, 2.24) is 35.1 Å². The number of aromatic nitrogens is 2. The van der Waals surface area contributed by atoms with Gasteiger partial charge in [-0.05, 0) is 159 Å². The van der Waals surface area contributed by atoms with E-state index in [1.165, 1.54) is 41.1 Å². The number of likely N-dealkylation sites (tertiary alicyclic amines) is 1.